The molecule has 0 saturated carbocycles. The first kappa shape index (κ1) is 20.0. The highest BCUT2D eigenvalue weighted by Gasteiger charge is 2.09. The normalized spacial score (nSPS) is 10.5. The van der Waals surface area contributed by atoms with Crippen LogP contribution in [-0.4, -0.2) is 23.0 Å². The number of carbonyl (C=O) groups excluding carboxylic acids is 1. The average Bonchev–Trinajstić information content (AvgIpc) is 2.68. The van der Waals surface area contributed by atoms with Gasteiger partial charge in [0.15, 0.2) is 5.16 Å². The van der Waals surface area contributed by atoms with Crippen molar-refractivity contribution >= 4 is 35.0 Å². The Balaban J connectivity index is 1.64. The summed E-state index contributed by atoms with van der Waals surface area (Å²) in [6.45, 7) is 0. The second-order valence-corrected chi connectivity index (χ2v) is 7.31. The number of H-pyrrole nitrogens is 1. The SMILES string of the molecule is COc1cccc(CSc2nc(CC(=O)Nc3ccc(Cl)cc3)cc(=O)[nH]2)c1. The molecule has 0 aliphatic carbocycles. The van der Waals surface area contributed by atoms with Crippen molar-refractivity contribution in [2.24, 2.45) is 0 Å². The van der Waals surface area contributed by atoms with Gasteiger partial charge in [0.25, 0.3) is 5.56 Å². The lowest BCUT2D eigenvalue weighted by molar-refractivity contribution is -0.115. The van der Waals surface area contributed by atoms with Crippen molar-refractivity contribution in [2.45, 2.75) is 17.3 Å². The molecule has 1 aromatic heterocycles. The number of amides is 1. The van der Waals surface area contributed by atoms with Crippen LogP contribution in [0.25, 0.3) is 0 Å². The van der Waals surface area contributed by atoms with Crippen LogP contribution < -0.4 is 15.6 Å². The number of thioether (sulfide) groups is 1. The van der Waals surface area contributed by atoms with Crippen LogP contribution in [0.1, 0.15) is 11.3 Å². The highest BCUT2D eigenvalue weighted by molar-refractivity contribution is 7.98. The summed E-state index contributed by atoms with van der Waals surface area (Å²) in [5.41, 5.74) is 1.78. The molecule has 1 amide bonds. The van der Waals surface area contributed by atoms with E-state index in [1.54, 1.807) is 31.4 Å². The molecule has 2 aromatic carbocycles. The lowest BCUT2D eigenvalue weighted by Gasteiger charge is -2.07. The van der Waals surface area contributed by atoms with Gasteiger partial charge in [0.05, 0.1) is 19.2 Å². The molecule has 8 heteroatoms. The first-order chi connectivity index (χ1) is 13.5. The maximum atomic E-state index is 12.2. The van der Waals surface area contributed by atoms with E-state index in [0.717, 1.165) is 11.3 Å². The lowest BCUT2D eigenvalue weighted by atomic mass is 10.2. The van der Waals surface area contributed by atoms with Crippen LogP contribution in [0.5, 0.6) is 5.75 Å². The van der Waals surface area contributed by atoms with E-state index in [-0.39, 0.29) is 17.9 Å². The number of benzene rings is 2. The minimum Gasteiger partial charge on any atom is -0.497 e. The zero-order chi connectivity index (χ0) is 19.9. The van der Waals surface area contributed by atoms with Gasteiger partial charge in [-0.15, -0.1) is 0 Å². The predicted octanol–water partition coefficient (Wildman–Crippen LogP) is 3.91. The van der Waals surface area contributed by atoms with Gasteiger partial charge in [0.1, 0.15) is 5.75 Å². The maximum absolute atomic E-state index is 12.2. The van der Waals surface area contributed by atoms with Crippen molar-refractivity contribution in [1.82, 2.24) is 9.97 Å². The fraction of sp³-hybridized carbons (Fsp3) is 0.150. The number of ether oxygens (including phenoxy) is 1. The number of rotatable bonds is 7. The monoisotopic (exact) mass is 415 g/mol. The molecular formula is C20H18ClN3O3S. The van der Waals surface area contributed by atoms with Crippen LogP contribution in [0.15, 0.2) is 64.5 Å². The van der Waals surface area contributed by atoms with Crippen molar-refractivity contribution < 1.29 is 9.53 Å². The minimum absolute atomic E-state index is 0.000728. The Bertz CT molecular complexity index is 1020. The van der Waals surface area contributed by atoms with Crippen molar-refractivity contribution in [3.05, 3.63) is 81.2 Å². The summed E-state index contributed by atoms with van der Waals surface area (Å²) in [6, 6.07) is 15.8. The Kier molecular flexibility index (Phi) is 6.73. The maximum Gasteiger partial charge on any atom is 0.251 e. The Labute approximate surface area is 171 Å². The molecule has 3 aromatic rings. The van der Waals surface area contributed by atoms with Crippen LogP contribution in [0, 0.1) is 0 Å². The van der Waals surface area contributed by atoms with Crippen LogP contribution >= 0.6 is 23.4 Å². The van der Waals surface area contributed by atoms with Gasteiger partial charge in [-0.2, -0.15) is 0 Å². The number of carbonyl (C=O) groups is 1. The molecule has 6 nitrogen and oxygen atoms in total. The van der Waals surface area contributed by atoms with E-state index in [1.807, 2.05) is 24.3 Å². The van der Waals surface area contributed by atoms with E-state index in [9.17, 15) is 9.59 Å². The number of nitrogens with zero attached hydrogens (tertiary/aromatic N) is 1. The van der Waals surface area contributed by atoms with Crippen LogP contribution in [0.4, 0.5) is 5.69 Å². The van der Waals surface area contributed by atoms with Crippen molar-refractivity contribution in [1.29, 1.82) is 0 Å². The third-order valence-electron chi connectivity index (χ3n) is 3.75. The van der Waals surface area contributed by atoms with E-state index in [2.05, 4.69) is 15.3 Å². The number of halogens is 1. The zero-order valence-electron chi connectivity index (χ0n) is 15.1. The standard InChI is InChI=1S/C20H18ClN3O3S/c1-27-17-4-2-3-13(9-17)12-28-20-23-16(11-19(26)24-20)10-18(25)22-15-7-5-14(21)6-8-15/h2-9,11H,10,12H2,1H3,(H,22,25)(H,23,24,26). The molecule has 0 radical (unpaired) electrons. The van der Waals surface area contributed by atoms with E-state index in [1.165, 1.54) is 17.8 Å². The van der Waals surface area contributed by atoms with Crippen molar-refractivity contribution in [3.8, 4) is 5.75 Å². The molecule has 0 aliphatic heterocycles. The second kappa shape index (κ2) is 9.43. The van der Waals surface area contributed by atoms with E-state index in [0.29, 0.717) is 27.3 Å². The number of methoxy groups -OCH3 is 1. The molecule has 0 aliphatic rings. The summed E-state index contributed by atoms with van der Waals surface area (Å²) in [7, 11) is 1.61. The summed E-state index contributed by atoms with van der Waals surface area (Å²) in [6.07, 6.45) is -0.000728. The molecule has 0 unspecified atom stereocenters. The molecule has 0 bridgehead atoms. The molecular weight excluding hydrogens is 398 g/mol. The smallest absolute Gasteiger partial charge is 0.251 e. The summed E-state index contributed by atoms with van der Waals surface area (Å²) in [5.74, 6) is 1.12. The molecule has 1 heterocycles. The Morgan fingerprint density at radius 3 is 2.75 bits per heavy atom. The quantitative estimate of drug-likeness (QED) is 0.451. The van der Waals surface area contributed by atoms with E-state index >= 15 is 0 Å². The van der Waals surface area contributed by atoms with Crippen LogP contribution in [0.3, 0.4) is 0 Å². The fourth-order valence-electron chi connectivity index (χ4n) is 2.46. The highest BCUT2D eigenvalue weighted by atomic mass is 35.5. The summed E-state index contributed by atoms with van der Waals surface area (Å²) < 4.78 is 5.21. The topological polar surface area (TPSA) is 84.1 Å². The molecule has 28 heavy (non-hydrogen) atoms. The number of nitrogens with one attached hydrogen (secondary N) is 2. The fourth-order valence-corrected chi connectivity index (χ4v) is 3.42. The third-order valence-corrected chi connectivity index (χ3v) is 4.95. The van der Waals surface area contributed by atoms with Gasteiger partial charge in [0.2, 0.25) is 5.91 Å². The van der Waals surface area contributed by atoms with Gasteiger partial charge in [-0.25, -0.2) is 4.98 Å². The molecule has 0 atom stereocenters. The minimum atomic E-state index is -0.294. The number of aromatic nitrogens is 2. The van der Waals surface area contributed by atoms with Gasteiger partial charge in [-0.1, -0.05) is 35.5 Å². The van der Waals surface area contributed by atoms with Crippen molar-refractivity contribution in [2.75, 3.05) is 12.4 Å². The molecule has 144 valence electrons. The van der Waals surface area contributed by atoms with Crippen LogP contribution in [-0.2, 0) is 17.0 Å². The van der Waals surface area contributed by atoms with Crippen LogP contribution in [0.2, 0.25) is 5.02 Å². The number of hydrogen-bond donors (Lipinski definition) is 2. The van der Waals surface area contributed by atoms with E-state index < -0.39 is 0 Å². The Morgan fingerprint density at radius 2 is 2.00 bits per heavy atom. The number of anilines is 1. The lowest BCUT2D eigenvalue weighted by Crippen LogP contribution is -2.18. The Hall–Kier alpha value is -2.77. The van der Waals surface area contributed by atoms with Gasteiger partial charge in [0, 0.05) is 22.5 Å². The molecule has 0 spiro atoms. The van der Waals surface area contributed by atoms with Gasteiger partial charge in [-0.05, 0) is 42.0 Å². The van der Waals surface area contributed by atoms with Gasteiger partial charge >= 0.3 is 0 Å². The highest BCUT2D eigenvalue weighted by Crippen LogP contribution is 2.21. The molecule has 3 rings (SSSR count). The zero-order valence-corrected chi connectivity index (χ0v) is 16.6. The number of hydrogen-bond acceptors (Lipinski definition) is 5. The van der Waals surface area contributed by atoms with Crippen molar-refractivity contribution in [3.63, 3.8) is 0 Å². The first-order valence-electron chi connectivity index (χ1n) is 8.43. The van der Waals surface area contributed by atoms with Gasteiger partial charge < -0.3 is 15.0 Å². The summed E-state index contributed by atoms with van der Waals surface area (Å²) >= 11 is 7.22. The second-order valence-electron chi connectivity index (χ2n) is 5.91. The molecule has 2 N–H and O–H groups in total. The summed E-state index contributed by atoms with van der Waals surface area (Å²) in [5, 5.41) is 3.81. The summed E-state index contributed by atoms with van der Waals surface area (Å²) in [4.78, 5) is 31.2. The van der Waals surface area contributed by atoms with E-state index in [4.69, 9.17) is 16.3 Å². The largest absolute Gasteiger partial charge is 0.497 e. The average molecular weight is 416 g/mol. The predicted molar refractivity (Wildman–Crippen MR) is 111 cm³/mol. The Morgan fingerprint density at radius 1 is 1.21 bits per heavy atom. The number of aromatic amines is 1. The first-order valence-corrected chi connectivity index (χ1v) is 9.79. The molecule has 0 fully saturated rings. The molecule has 0 saturated heterocycles. The third kappa shape index (κ3) is 5.87. The van der Waals surface area contributed by atoms with Gasteiger partial charge in [-0.3, -0.25) is 9.59 Å².